The third-order valence-corrected chi connectivity index (χ3v) is 5.35. The molecule has 0 saturated heterocycles. The van der Waals surface area contributed by atoms with E-state index < -0.39 is 0 Å². The van der Waals surface area contributed by atoms with Crippen LogP contribution in [0.2, 0.25) is 0 Å². The van der Waals surface area contributed by atoms with Gasteiger partial charge in [0, 0.05) is 35.3 Å². The standard InChI is InChI=1S/C22H21N3O2/c1-13-9-16-10-19(26-3)20(27-4)11-17(16)22-18(12-23)21(14(2)25(13)22)15-5-7-24-8-6-15/h5-8,10-11,13H,9H2,1-4H3. The molecule has 1 aliphatic rings. The number of nitriles is 1. The summed E-state index contributed by atoms with van der Waals surface area (Å²) in [5, 5.41) is 10.1. The summed E-state index contributed by atoms with van der Waals surface area (Å²) < 4.78 is 13.3. The quantitative estimate of drug-likeness (QED) is 0.689. The summed E-state index contributed by atoms with van der Waals surface area (Å²) in [4.78, 5) is 4.11. The van der Waals surface area contributed by atoms with Crippen molar-refractivity contribution in [1.29, 1.82) is 5.26 Å². The molecule has 1 aliphatic heterocycles. The van der Waals surface area contributed by atoms with Gasteiger partial charge in [-0.3, -0.25) is 4.98 Å². The highest BCUT2D eigenvalue weighted by atomic mass is 16.5. The Bertz CT molecular complexity index is 1060. The Morgan fingerprint density at radius 1 is 1.15 bits per heavy atom. The summed E-state index contributed by atoms with van der Waals surface area (Å²) in [5.74, 6) is 1.39. The van der Waals surface area contributed by atoms with Gasteiger partial charge in [0.1, 0.15) is 6.07 Å². The van der Waals surface area contributed by atoms with Crippen LogP contribution in [-0.4, -0.2) is 23.8 Å². The Morgan fingerprint density at radius 2 is 1.81 bits per heavy atom. The molecule has 3 heterocycles. The summed E-state index contributed by atoms with van der Waals surface area (Å²) >= 11 is 0. The predicted octanol–water partition coefficient (Wildman–Crippen LogP) is 4.53. The van der Waals surface area contributed by atoms with Crippen molar-refractivity contribution in [3.63, 3.8) is 0 Å². The number of nitrogens with zero attached hydrogens (tertiary/aromatic N) is 3. The second-order valence-corrected chi connectivity index (χ2v) is 6.82. The second kappa shape index (κ2) is 6.48. The zero-order valence-electron chi connectivity index (χ0n) is 15.9. The second-order valence-electron chi connectivity index (χ2n) is 6.82. The molecule has 0 radical (unpaired) electrons. The SMILES string of the molecule is COc1cc2c(cc1OC)-c1c(C#N)c(-c3ccncc3)c(C)n1C(C)C2. The first-order chi connectivity index (χ1) is 13.1. The lowest BCUT2D eigenvalue weighted by Gasteiger charge is -2.28. The van der Waals surface area contributed by atoms with Gasteiger partial charge in [-0.15, -0.1) is 0 Å². The van der Waals surface area contributed by atoms with E-state index >= 15 is 0 Å². The minimum absolute atomic E-state index is 0.244. The minimum atomic E-state index is 0.244. The number of fused-ring (bicyclic) bond motifs is 3. The molecular weight excluding hydrogens is 338 g/mol. The Hall–Kier alpha value is -3.26. The molecule has 1 unspecified atom stereocenters. The van der Waals surface area contributed by atoms with E-state index in [-0.39, 0.29) is 6.04 Å². The van der Waals surface area contributed by atoms with Crippen molar-refractivity contribution < 1.29 is 9.47 Å². The fourth-order valence-corrected chi connectivity index (χ4v) is 4.22. The first-order valence-electron chi connectivity index (χ1n) is 8.91. The number of aromatic nitrogens is 2. The number of rotatable bonds is 3. The molecule has 0 fully saturated rings. The minimum Gasteiger partial charge on any atom is -0.493 e. The Kier molecular flexibility index (Phi) is 4.12. The van der Waals surface area contributed by atoms with Crippen molar-refractivity contribution in [3.05, 3.63) is 53.5 Å². The van der Waals surface area contributed by atoms with Crippen LogP contribution < -0.4 is 9.47 Å². The van der Waals surface area contributed by atoms with E-state index in [1.807, 2.05) is 24.3 Å². The normalized spacial score (nSPS) is 14.9. The Labute approximate surface area is 158 Å². The fourth-order valence-electron chi connectivity index (χ4n) is 4.22. The molecule has 1 atom stereocenters. The van der Waals surface area contributed by atoms with E-state index in [2.05, 4.69) is 29.5 Å². The molecule has 27 heavy (non-hydrogen) atoms. The van der Waals surface area contributed by atoms with Crippen LogP contribution in [0.5, 0.6) is 11.5 Å². The highest BCUT2D eigenvalue weighted by Crippen LogP contribution is 2.47. The molecule has 0 N–H and O–H groups in total. The summed E-state index contributed by atoms with van der Waals surface area (Å²) in [6.07, 6.45) is 4.40. The summed E-state index contributed by atoms with van der Waals surface area (Å²) in [5.41, 5.74) is 6.93. The van der Waals surface area contributed by atoms with Gasteiger partial charge in [-0.25, -0.2) is 0 Å². The third kappa shape index (κ3) is 2.48. The number of methoxy groups -OCH3 is 2. The van der Waals surface area contributed by atoms with Crippen LogP contribution in [0.4, 0.5) is 0 Å². The number of hydrogen-bond donors (Lipinski definition) is 0. The monoisotopic (exact) mass is 359 g/mol. The molecule has 2 aromatic heterocycles. The van der Waals surface area contributed by atoms with E-state index in [9.17, 15) is 5.26 Å². The molecule has 3 aromatic rings. The van der Waals surface area contributed by atoms with Crippen molar-refractivity contribution in [3.8, 4) is 40.0 Å². The van der Waals surface area contributed by atoms with Gasteiger partial charge in [-0.2, -0.15) is 5.26 Å². The van der Waals surface area contributed by atoms with E-state index in [0.717, 1.165) is 34.5 Å². The van der Waals surface area contributed by atoms with Gasteiger partial charge in [0.15, 0.2) is 11.5 Å². The first kappa shape index (κ1) is 17.2. The average molecular weight is 359 g/mol. The van der Waals surface area contributed by atoms with Crippen molar-refractivity contribution >= 4 is 0 Å². The molecule has 5 heteroatoms. The van der Waals surface area contributed by atoms with Crippen LogP contribution in [0.1, 0.15) is 29.8 Å². The maximum absolute atomic E-state index is 10.1. The van der Waals surface area contributed by atoms with Crippen LogP contribution in [0, 0.1) is 18.3 Å². The number of pyridine rings is 1. The smallest absolute Gasteiger partial charge is 0.161 e. The molecule has 0 saturated carbocycles. The van der Waals surface area contributed by atoms with Crippen molar-refractivity contribution in [2.75, 3.05) is 14.2 Å². The van der Waals surface area contributed by atoms with Crippen LogP contribution in [0.15, 0.2) is 36.7 Å². The summed E-state index contributed by atoms with van der Waals surface area (Å²) in [7, 11) is 3.28. The van der Waals surface area contributed by atoms with E-state index in [1.165, 1.54) is 5.56 Å². The average Bonchev–Trinajstić information content (AvgIpc) is 3.00. The first-order valence-corrected chi connectivity index (χ1v) is 8.91. The van der Waals surface area contributed by atoms with Gasteiger partial charge in [0.05, 0.1) is 25.5 Å². The lowest BCUT2D eigenvalue weighted by molar-refractivity contribution is 0.354. The number of benzene rings is 1. The molecule has 0 bridgehead atoms. The molecule has 4 rings (SSSR count). The molecule has 0 amide bonds. The maximum atomic E-state index is 10.1. The Morgan fingerprint density at radius 3 is 2.44 bits per heavy atom. The van der Waals surface area contributed by atoms with E-state index in [1.54, 1.807) is 26.6 Å². The van der Waals surface area contributed by atoms with Gasteiger partial charge in [0.25, 0.3) is 0 Å². The third-order valence-electron chi connectivity index (χ3n) is 5.35. The zero-order chi connectivity index (χ0) is 19.1. The lowest BCUT2D eigenvalue weighted by atomic mass is 9.91. The van der Waals surface area contributed by atoms with Crippen LogP contribution in [0.25, 0.3) is 22.4 Å². The van der Waals surface area contributed by atoms with Crippen molar-refractivity contribution in [1.82, 2.24) is 9.55 Å². The van der Waals surface area contributed by atoms with E-state index in [4.69, 9.17) is 9.47 Å². The molecule has 5 nitrogen and oxygen atoms in total. The molecule has 0 aliphatic carbocycles. The van der Waals surface area contributed by atoms with Crippen molar-refractivity contribution in [2.45, 2.75) is 26.3 Å². The summed E-state index contributed by atoms with van der Waals surface area (Å²) in [6, 6.07) is 10.6. The lowest BCUT2D eigenvalue weighted by Crippen LogP contribution is -2.17. The highest BCUT2D eigenvalue weighted by Gasteiger charge is 2.31. The topological polar surface area (TPSA) is 60.1 Å². The van der Waals surface area contributed by atoms with Crippen molar-refractivity contribution in [2.24, 2.45) is 0 Å². The number of hydrogen-bond acceptors (Lipinski definition) is 4. The van der Waals surface area contributed by atoms with Gasteiger partial charge in [-0.05, 0) is 55.7 Å². The molecule has 1 aromatic carbocycles. The van der Waals surface area contributed by atoms with Crippen LogP contribution >= 0.6 is 0 Å². The number of ether oxygens (including phenoxy) is 2. The summed E-state index contributed by atoms with van der Waals surface area (Å²) in [6.45, 7) is 4.27. The van der Waals surface area contributed by atoms with Gasteiger partial charge >= 0.3 is 0 Å². The zero-order valence-corrected chi connectivity index (χ0v) is 15.9. The largest absolute Gasteiger partial charge is 0.493 e. The maximum Gasteiger partial charge on any atom is 0.161 e. The Balaban J connectivity index is 2.06. The molecule has 0 spiro atoms. The molecule has 136 valence electrons. The van der Waals surface area contributed by atoms with E-state index in [0.29, 0.717) is 17.1 Å². The van der Waals surface area contributed by atoms with Gasteiger partial charge in [0.2, 0.25) is 0 Å². The molecular formula is C22H21N3O2. The fraction of sp³-hybridized carbons (Fsp3) is 0.273. The highest BCUT2D eigenvalue weighted by molar-refractivity contribution is 5.86. The van der Waals surface area contributed by atoms with Gasteiger partial charge in [-0.1, -0.05) is 0 Å². The predicted molar refractivity (Wildman–Crippen MR) is 104 cm³/mol. The van der Waals surface area contributed by atoms with Crippen LogP contribution in [-0.2, 0) is 6.42 Å². The van der Waals surface area contributed by atoms with Gasteiger partial charge < -0.3 is 14.0 Å². The van der Waals surface area contributed by atoms with Crippen LogP contribution in [0.3, 0.4) is 0 Å².